The Hall–Kier alpha value is -1.32. The molecule has 0 amide bonds. The number of Topliss-reactive ketones (excluding diaryl/α,β-unsaturated/α-hetero) is 4. The minimum absolute atomic E-state index is 0.0696. The lowest BCUT2D eigenvalue weighted by Gasteiger charge is -2.53. The molecule has 2 aliphatic carbocycles. The van der Waals surface area contributed by atoms with E-state index in [-0.39, 0.29) is 23.1 Å². The Morgan fingerprint density at radius 1 is 0.615 bits per heavy atom. The summed E-state index contributed by atoms with van der Waals surface area (Å²) >= 11 is 0. The Balaban J connectivity index is 2.58. The van der Waals surface area contributed by atoms with Crippen LogP contribution in [-0.4, -0.2) is 23.1 Å². The summed E-state index contributed by atoms with van der Waals surface area (Å²) in [7, 11) is 0. The van der Waals surface area contributed by atoms with Gasteiger partial charge in [-0.25, -0.2) is 0 Å². The summed E-state index contributed by atoms with van der Waals surface area (Å²) in [6.07, 6.45) is 6.62. The van der Waals surface area contributed by atoms with Crippen molar-refractivity contribution >= 4 is 23.1 Å². The molecule has 0 aliphatic heterocycles. The first-order valence-corrected chi connectivity index (χ1v) is 10.5. The van der Waals surface area contributed by atoms with Crippen LogP contribution in [0.4, 0.5) is 0 Å². The Morgan fingerprint density at radius 3 is 1.54 bits per heavy atom. The summed E-state index contributed by atoms with van der Waals surface area (Å²) in [6, 6.07) is 0. The van der Waals surface area contributed by atoms with Gasteiger partial charge in [-0.15, -0.1) is 0 Å². The Labute approximate surface area is 157 Å². The van der Waals surface area contributed by atoms with E-state index in [9.17, 15) is 19.2 Å². The highest BCUT2D eigenvalue weighted by atomic mass is 16.2. The highest BCUT2D eigenvalue weighted by Gasteiger charge is 2.74. The third-order valence-corrected chi connectivity index (χ3v) is 7.37. The van der Waals surface area contributed by atoms with E-state index in [4.69, 9.17) is 0 Å². The summed E-state index contributed by atoms with van der Waals surface area (Å²) in [5.41, 5.74) is -3.74. The maximum atomic E-state index is 13.8. The van der Waals surface area contributed by atoms with E-state index in [1.54, 1.807) is 0 Å². The molecule has 0 heterocycles. The fraction of sp³-hybridized carbons (Fsp3) is 0.818. The minimum atomic E-state index is -1.56. The standard InChI is InChI=1S/C22H34O4/c1-5-20(6-2)16(23)14-12-10-9-11-13-15-22(17(20)24)18(25)21(7-3,8-4)19(22)26/h5-15H2,1-4H3. The molecule has 0 aromatic rings. The van der Waals surface area contributed by atoms with E-state index in [0.717, 1.165) is 25.7 Å². The van der Waals surface area contributed by atoms with Gasteiger partial charge in [0.15, 0.2) is 17.3 Å². The molecule has 0 aromatic heterocycles. The second-order valence-corrected chi connectivity index (χ2v) is 8.16. The number of hydrogen-bond acceptors (Lipinski definition) is 4. The van der Waals surface area contributed by atoms with Crippen LogP contribution < -0.4 is 0 Å². The molecule has 146 valence electrons. The SMILES string of the molecule is CCC1(CC)C(=O)CCCCCCCC2(C1=O)C(=O)C(CC)(CC)C2=O. The van der Waals surface area contributed by atoms with E-state index in [0.29, 0.717) is 44.9 Å². The zero-order chi connectivity index (χ0) is 19.6. The topological polar surface area (TPSA) is 68.3 Å². The second kappa shape index (κ2) is 7.74. The summed E-state index contributed by atoms with van der Waals surface area (Å²) in [6.45, 7) is 7.38. The van der Waals surface area contributed by atoms with Crippen molar-refractivity contribution in [2.75, 3.05) is 0 Å². The van der Waals surface area contributed by atoms with Gasteiger partial charge in [-0.3, -0.25) is 19.2 Å². The van der Waals surface area contributed by atoms with Crippen molar-refractivity contribution < 1.29 is 19.2 Å². The molecule has 0 bridgehead atoms. The first-order chi connectivity index (χ1) is 12.3. The average molecular weight is 363 g/mol. The number of carbonyl (C=O) groups is 4. The van der Waals surface area contributed by atoms with Gasteiger partial charge < -0.3 is 0 Å². The van der Waals surface area contributed by atoms with Crippen LogP contribution in [0.15, 0.2) is 0 Å². The van der Waals surface area contributed by atoms with Crippen molar-refractivity contribution in [1.82, 2.24) is 0 Å². The van der Waals surface area contributed by atoms with E-state index < -0.39 is 16.2 Å². The molecule has 2 rings (SSSR count). The number of rotatable bonds is 4. The van der Waals surface area contributed by atoms with Crippen LogP contribution in [0.5, 0.6) is 0 Å². The van der Waals surface area contributed by atoms with Gasteiger partial charge in [0.25, 0.3) is 0 Å². The second-order valence-electron chi connectivity index (χ2n) is 8.16. The predicted octanol–water partition coefficient (Wildman–Crippen LogP) is 4.62. The van der Waals surface area contributed by atoms with Crippen molar-refractivity contribution in [2.24, 2.45) is 16.2 Å². The first kappa shape index (κ1) is 21.0. The van der Waals surface area contributed by atoms with Gasteiger partial charge >= 0.3 is 0 Å². The maximum Gasteiger partial charge on any atom is 0.167 e. The van der Waals surface area contributed by atoms with Crippen LogP contribution in [0, 0.1) is 16.2 Å². The Kier molecular flexibility index (Phi) is 6.24. The summed E-state index contributed by atoms with van der Waals surface area (Å²) in [5, 5.41) is 0. The molecule has 0 radical (unpaired) electrons. The van der Waals surface area contributed by atoms with Crippen LogP contribution in [0.2, 0.25) is 0 Å². The molecule has 0 N–H and O–H groups in total. The lowest BCUT2D eigenvalue weighted by molar-refractivity contribution is -0.179. The van der Waals surface area contributed by atoms with Crippen molar-refractivity contribution in [1.29, 1.82) is 0 Å². The smallest absolute Gasteiger partial charge is 0.167 e. The molecule has 0 aromatic carbocycles. The van der Waals surface area contributed by atoms with Crippen LogP contribution >= 0.6 is 0 Å². The lowest BCUT2D eigenvalue weighted by atomic mass is 9.43. The van der Waals surface area contributed by atoms with E-state index in [1.807, 2.05) is 27.7 Å². The molecule has 0 unspecified atom stereocenters. The average Bonchev–Trinajstić information content (AvgIpc) is 2.68. The summed E-state index contributed by atoms with van der Waals surface area (Å²) < 4.78 is 0. The zero-order valence-corrected chi connectivity index (χ0v) is 16.9. The molecule has 2 saturated carbocycles. The normalized spacial score (nSPS) is 25.7. The summed E-state index contributed by atoms with van der Waals surface area (Å²) in [5.74, 6) is -0.860. The largest absolute Gasteiger partial charge is 0.299 e. The molecule has 2 fully saturated rings. The van der Waals surface area contributed by atoms with Gasteiger partial charge in [-0.05, 0) is 38.5 Å². The predicted molar refractivity (Wildman–Crippen MR) is 101 cm³/mol. The van der Waals surface area contributed by atoms with Gasteiger partial charge in [-0.1, -0.05) is 53.4 Å². The molecule has 26 heavy (non-hydrogen) atoms. The monoisotopic (exact) mass is 362 g/mol. The maximum absolute atomic E-state index is 13.8. The third-order valence-electron chi connectivity index (χ3n) is 7.37. The van der Waals surface area contributed by atoms with E-state index in [1.165, 1.54) is 0 Å². The van der Waals surface area contributed by atoms with Gasteiger partial charge in [0, 0.05) is 6.42 Å². The molecule has 0 atom stereocenters. The van der Waals surface area contributed by atoms with Crippen molar-refractivity contribution in [3.63, 3.8) is 0 Å². The van der Waals surface area contributed by atoms with Crippen molar-refractivity contribution in [3.05, 3.63) is 0 Å². The van der Waals surface area contributed by atoms with Crippen LogP contribution in [0.3, 0.4) is 0 Å². The minimum Gasteiger partial charge on any atom is -0.299 e. The summed E-state index contributed by atoms with van der Waals surface area (Å²) in [4.78, 5) is 53.5. The van der Waals surface area contributed by atoms with Gasteiger partial charge in [0.1, 0.15) is 11.2 Å². The number of ketones is 4. The molecule has 4 heteroatoms. The number of carbonyl (C=O) groups excluding carboxylic acids is 4. The van der Waals surface area contributed by atoms with Gasteiger partial charge in [0.2, 0.25) is 0 Å². The Bertz CT molecular complexity index is 575. The van der Waals surface area contributed by atoms with Crippen molar-refractivity contribution in [3.8, 4) is 0 Å². The van der Waals surface area contributed by atoms with Crippen molar-refractivity contribution in [2.45, 2.75) is 98.3 Å². The molecule has 0 saturated heterocycles. The molecule has 1 spiro atoms. The highest BCUT2D eigenvalue weighted by Crippen LogP contribution is 2.57. The van der Waals surface area contributed by atoms with Crippen LogP contribution in [0.25, 0.3) is 0 Å². The first-order valence-electron chi connectivity index (χ1n) is 10.5. The van der Waals surface area contributed by atoms with E-state index in [2.05, 4.69) is 0 Å². The molecular weight excluding hydrogens is 328 g/mol. The molecule has 4 nitrogen and oxygen atoms in total. The lowest BCUT2D eigenvalue weighted by Crippen LogP contribution is -2.72. The third kappa shape index (κ3) is 2.63. The fourth-order valence-corrected chi connectivity index (χ4v) is 5.35. The van der Waals surface area contributed by atoms with E-state index >= 15 is 0 Å². The van der Waals surface area contributed by atoms with Crippen LogP contribution in [-0.2, 0) is 19.2 Å². The number of hydrogen-bond donors (Lipinski definition) is 0. The Morgan fingerprint density at radius 2 is 1.04 bits per heavy atom. The molecular formula is C22H34O4. The van der Waals surface area contributed by atoms with Crippen LogP contribution in [0.1, 0.15) is 98.3 Å². The van der Waals surface area contributed by atoms with Gasteiger partial charge in [-0.2, -0.15) is 0 Å². The zero-order valence-electron chi connectivity index (χ0n) is 16.9. The molecule has 2 aliphatic rings. The quantitative estimate of drug-likeness (QED) is 0.684. The highest BCUT2D eigenvalue weighted by molar-refractivity contribution is 6.43. The van der Waals surface area contributed by atoms with Gasteiger partial charge in [0.05, 0.1) is 10.8 Å². The fourth-order valence-electron chi connectivity index (χ4n) is 5.35.